The first-order valence-corrected chi connectivity index (χ1v) is 9.98. The second-order valence-electron chi connectivity index (χ2n) is 6.38. The Balaban J connectivity index is 1.72. The van der Waals surface area contributed by atoms with Crippen LogP contribution in [-0.2, 0) is 21.1 Å². The van der Waals surface area contributed by atoms with Crippen molar-refractivity contribution in [2.45, 2.75) is 30.4 Å². The molecule has 5 nitrogen and oxygen atoms in total. The predicted molar refractivity (Wildman–Crippen MR) is 95.3 cm³/mol. The molecular weight excluding hydrogens is 338 g/mol. The molecule has 1 aliphatic rings. The van der Waals surface area contributed by atoms with Gasteiger partial charge in [-0.2, -0.15) is 0 Å². The summed E-state index contributed by atoms with van der Waals surface area (Å²) < 4.78 is 28.9. The predicted octanol–water partition coefficient (Wildman–Crippen LogP) is 2.61. The molecule has 132 valence electrons. The number of nitrogens with zero attached hydrogens (tertiary/aromatic N) is 1. The molecule has 0 aliphatic carbocycles. The number of carbonyl (C=O) groups excluding carboxylic acids is 1. The number of fused-ring (bicyclic) bond motifs is 1. The average molecular weight is 359 g/mol. The van der Waals surface area contributed by atoms with Crippen LogP contribution in [0.25, 0.3) is 0 Å². The molecule has 25 heavy (non-hydrogen) atoms. The van der Waals surface area contributed by atoms with Gasteiger partial charge in [0.1, 0.15) is 5.75 Å². The van der Waals surface area contributed by atoms with E-state index in [-0.39, 0.29) is 16.8 Å². The molecular formula is C19H21NO4S. The highest BCUT2D eigenvalue weighted by atomic mass is 32.2. The molecule has 1 aliphatic heterocycles. The maximum Gasteiger partial charge on any atom is 0.264 e. The van der Waals surface area contributed by atoms with Crippen molar-refractivity contribution in [1.82, 2.24) is 4.90 Å². The molecule has 0 fully saturated rings. The lowest BCUT2D eigenvalue weighted by Crippen LogP contribution is -2.40. The Morgan fingerprint density at radius 3 is 2.40 bits per heavy atom. The summed E-state index contributed by atoms with van der Waals surface area (Å²) in [4.78, 5) is 14.7. The van der Waals surface area contributed by atoms with E-state index in [1.165, 1.54) is 6.26 Å². The number of ether oxygens (including phenoxy) is 1. The largest absolute Gasteiger partial charge is 0.480 e. The van der Waals surface area contributed by atoms with Gasteiger partial charge in [0.2, 0.25) is 0 Å². The highest BCUT2D eigenvalue weighted by Crippen LogP contribution is 2.30. The normalized spacial score (nSPS) is 17.5. The van der Waals surface area contributed by atoms with Gasteiger partial charge < -0.3 is 9.64 Å². The van der Waals surface area contributed by atoms with Crippen LogP contribution < -0.4 is 4.74 Å². The number of benzene rings is 2. The van der Waals surface area contributed by atoms with E-state index in [1.54, 1.807) is 36.2 Å². The number of hydrogen-bond donors (Lipinski definition) is 0. The van der Waals surface area contributed by atoms with Gasteiger partial charge in [0.05, 0.1) is 10.9 Å². The molecule has 0 spiro atoms. The third kappa shape index (κ3) is 3.54. The number of amides is 1. The van der Waals surface area contributed by atoms with E-state index in [2.05, 4.69) is 0 Å². The zero-order valence-electron chi connectivity index (χ0n) is 14.5. The molecule has 6 heteroatoms. The van der Waals surface area contributed by atoms with E-state index in [4.69, 9.17) is 4.74 Å². The summed E-state index contributed by atoms with van der Waals surface area (Å²) in [7, 11) is -1.49. The summed E-state index contributed by atoms with van der Waals surface area (Å²) in [6, 6.07) is 14.1. The summed E-state index contributed by atoms with van der Waals surface area (Å²) in [5, 5.41) is 0. The standard InChI is InChI=1S/C19H21NO4S/c1-13(14-8-10-16(11-9-14)25(3,22)23)20(2)19(21)18-12-15-6-4-5-7-17(15)24-18/h4-11,13,18H,12H2,1-3H3/t13-,18-/m0/s1. The Kier molecular flexibility index (Phi) is 4.56. The maximum atomic E-state index is 12.8. The summed E-state index contributed by atoms with van der Waals surface area (Å²) >= 11 is 0. The van der Waals surface area contributed by atoms with E-state index in [9.17, 15) is 13.2 Å². The Bertz CT molecular complexity index is 865. The summed E-state index contributed by atoms with van der Waals surface area (Å²) in [6.07, 6.45) is 1.23. The van der Waals surface area contributed by atoms with Gasteiger partial charge in [-0.1, -0.05) is 30.3 Å². The minimum Gasteiger partial charge on any atom is -0.480 e. The van der Waals surface area contributed by atoms with E-state index >= 15 is 0 Å². The second-order valence-corrected chi connectivity index (χ2v) is 8.40. The zero-order valence-corrected chi connectivity index (χ0v) is 15.3. The van der Waals surface area contributed by atoms with Crippen molar-refractivity contribution in [1.29, 1.82) is 0 Å². The number of carbonyl (C=O) groups is 1. The number of rotatable bonds is 4. The molecule has 0 saturated heterocycles. The first kappa shape index (κ1) is 17.5. The van der Waals surface area contributed by atoms with Gasteiger partial charge in [0.25, 0.3) is 5.91 Å². The molecule has 0 radical (unpaired) electrons. The van der Waals surface area contributed by atoms with E-state index in [0.29, 0.717) is 6.42 Å². The van der Waals surface area contributed by atoms with Crippen LogP contribution in [0.1, 0.15) is 24.1 Å². The van der Waals surface area contributed by atoms with E-state index < -0.39 is 15.9 Å². The van der Waals surface area contributed by atoms with Crippen molar-refractivity contribution in [3.63, 3.8) is 0 Å². The molecule has 0 bridgehead atoms. The minimum absolute atomic E-state index is 0.0871. The van der Waals surface area contributed by atoms with Crippen LogP contribution >= 0.6 is 0 Å². The molecule has 3 rings (SSSR count). The van der Waals surface area contributed by atoms with Crippen LogP contribution in [0.3, 0.4) is 0 Å². The molecule has 2 aromatic carbocycles. The van der Waals surface area contributed by atoms with Crippen molar-refractivity contribution in [3.05, 3.63) is 59.7 Å². The van der Waals surface area contributed by atoms with Crippen LogP contribution in [0.5, 0.6) is 5.75 Å². The van der Waals surface area contributed by atoms with Crippen LogP contribution in [0.15, 0.2) is 53.4 Å². The topological polar surface area (TPSA) is 63.7 Å². The van der Waals surface area contributed by atoms with Crippen molar-refractivity contribution in [3.8, 4) is 5.75 Å². The highest BCUT2D eigenvalue weighted by Gasteiger charge is 2.32. The van der Waals surface area contributed by atoms with Crippen LogP contribution in [0.4, 0.5) is 0 Å². The van der Waals surface area contributed by atoms with Crippen molar-refractivity contribution >= 4 is 15.7 Å². The Morgan fingerprint density at radius 1 is 1.16 bits per heavy atom. The van der Waals surface area contributed by atoms with Crippen molar-refractivity contribution < 1.29 is 17.9 Å². The smallest absolute Gasteiger partial charge is 0.264 e. The molecule has 0 aromatic heterocycles. The van der Waals surface area contributed by atoms with Gasteiger partial charge >= 0.3 is 0 Å². The molecule has 1 heterocycles. The lowest BCUT2D eigenvalue weighted by Gasteiger charge is -2.27. The fourth-order valence-corrected chi connectivity index (χ4v) is 3.59. The Morgan fingerprint density at radius 2 is 1.80 bits per heavy atom. The quantitative estimate of drug-likeness (QED) is 0.842. The first-order valence-electron chi connectivity index (χ1n) is 8.08. The molecule has 0 unspecified atom stereocenters. The summed E-state index contributed by atoms with van der Waals surface area (Å²) in [5.74, 6) is 0.676. The van der Waals surface area contributed by atoms with Gasteiger partial charge in [-0.15, -0.1) is 0 Å². The first-order chi connectivity index (χ1) is 11.8. The van der Waals surface area contributed by atoms with Crippen LogP contribution in [0, 0.1) is 0 Å². The molecule has 0 saturated carbocycles. The molecule has 2 atom stereocenters. The SMILES string of the molecule is C[C@@H](c1ccc(S(C)(=O)=O)cc1)N(C)C(=O)[C@@H]1Cc2ccccc2O1. The number of sulfone groups is 1. The van der Waals surface area contributed by atoms with Crippen LogP contribution in [0.2, 0.25) is 0 Å². The molecule has 2 aromatic rings. The molecule has 1 amide bonds. The minimum atomic E-state index is -3.23. The maximum absolute atomic E-state index is 12.8. The van der Waals surface area contributed by atoms with Crippen molar-refractivity contribution in [2.75, 3.05) is 13.3 Å². The fourth-order valence-electron chi connectivity index (χ4n) is 2.95. The lowest BCUT2D eigenvalue weighted by atomic mass is 10.1. The van der Waals surface area contributed by atoms with Crippen LogP contribution in [-0.4, -0.2) is 38.6 Å². The second kappa shape index (κ2) is 6.52. The number of hydrogen-bond acceptors (Lipinski definition) is 4. The van der Waals surface area contributed by atoms with Gasteiger partial charge in [-0.3, -0.25) is 4.79 Å². The lowest BCUT2D eigenvalue weighted by molar-refractivity contribution is -0.138. The Hall–Kier alpha value is -2.34. The molecule has 0 N–H and O–H groups in total. The van der Waals surface area contributed by atoms with Gasteiger partial charge in [-0.25, -0.2) is 8.42 Å². The van der Waals surface area contributed by atoms with Gasteiger partial charge in [0.15, 0.2) is 15.9 Å². The zero-order chi connectivity index (χ0) is 18.2. The third-order valence-corrected chi connectivity index (χ3v) is 5.77. The van der Waals surface area contributed by atoms with E-state index in [1.807, 2.05) is 31.2 Å². The summed E-state index contributed by atoms with van der Waals surface area (Å²) in [6.45, 7) is 1.91. The van der Waals surface area contributed by atoms with E-state index in [0.717, 1.165) is 16.9 Å². The fraction of sp³-hybridized carbons (Fsp3) is 0.316. The number of likely N-dealkylation sites (N-methyl/N-ethyl adjacent to an activating group) is 1. The van der Waals surface area contributed by atoms with Gasteiger partial charge in [0, 0.05) is 19.7 Å². The highest BCUT2D eigenvalue weighted by molar-refractivity contribution is 7.90. The number of para-hydroxylation sites is 1. The third-order valence-electron chi connectivity index (χ3n) is 4.64. The Labute approximate surface area is 148 Å². The van der Waals surface area contributed by atoms with Gasteiger partial charge in [-0.05, 0) is 36.2 Å². The monoisotopic (exact) mass is 359 g/mol. The summed E-state index contributed by atoms with van der Waals surface area (Å²) in [5.41, 5.74) is 1.91. The van der Waals surface area contributed by atoms with Crippen molar-refractivity contribution in [2.24, 2.45) is 0 Å². The average Bonchev–Trinajstić information content (AvgIpc) is 3.03.